The average Bonchev–Trinajstić information content (AvgIpc) is 2.59. The molecule has 0 aliphatic heterocycles. The van der Waals surface area contributed by atoms with Gasteiger partial charge in [-0.2, -0.15) is 0 Å². The van der Waals surface area contributed by atoms with Crippen molar-refractivity contribution in [3.05, 3.63) is 29.8 Å². The highest BCUT2D eigenvalue weighted by Gasteiger charge is 2.16. The van der Waals surface area contributed by atoms with Gasteiger partial charge < -0.3 is 25.4 Å². The highest BCUT2D eigenvalue weighted by Crippen LogP contribution is 2.30. The number of rotatable bonds is 9. The summed E-state index contributed by atoms with van der Waals surface area (Å²) in [5.74, 6) is 1.08. The molecule has 130 valence electrons. The van der Waals surface area contributed by atoms with Crippen LogP contribution < -0.4 is 16.0 Å². The number of aromatic nitrogens is 3. The van der Waals surface area contributed by atoms with Gasteiger partial charge in [0.15, 0.2) is 16.8 Å². The van der Waals surface area contributed by atoms with Crippen molar-refractivity contribution in [1.82, 2.24) is 15.0 Å². The van der Waals surface area contributed by atoms with Gasteiger partial charge in [0.25, 0.3) is 0 Å². The third-order valence-electron chi connectivity index (χ3n) is 3.31. The molecule has 0 amide bonds. The van der Waals surface area contributed by atoms with E-state index in [1.54, 1.807) is 32.5 Å². The van der Waals surface area contributed by atoms with E-state index in [4.69, 9.17) is 26.8 Å². The zero-order chi connectivity index (χ0) is 17.4. The summed E-state index contributed by atoms with van der Waals surface area (Å²) in [5, 5.41) is 3.43. The molecule has 0 spiro atoms. The lowest BCUT2D eigenvalue weighted by atomic mass is 10.3. The van der Waals surface area contributed by atoms with Crippen molar-refractivity contribution in [2.24, 2.45) is 0 Å². The number of nitrogens with two attached hydrogens (primary N) is 1. The molecule has 0 aliphatic rings. The molecule has 0 saturated heterocycles. The van der Waals surface area contributed by atoms with E-state index in [1.165, 1.54) is 6.33 Å². The second-order valence-corrected chi connectivity index (χ2v) is 5.26. The van der Waals surface area contributed by atoms with E-state index < -0.39 is 0 Å². The number of hydrogen-bond acceptors (Lipinski definition) is 8. The Morgan fingerprint density at radius 1 is 1.17 bits per heavy atom. The summed E-state index contributed by atoms with van der Waals surface area (Å²) < 4.78 is 10.3. The SMILES string of the molecule is COCCN(CCOC)c1ncnc(Nc2cccnc2Cl)c1N. The second kappa shape index (κ2) is 9.21. The lowest BCUT2D eigenvalue weighted by Gasteiger charge is -2.25. The van der Waals surface area contributed by atoms with Crippen molar-refractivity contribution in [1.29, 1.82) is 0 Å². The Labute approximate surface area is 146 Å². The maximum atomic E-state index is 6.25. The highest BCUT2D eigenvalue weighted by molar-refractivity contribution is 6.32. The molecule has 0 radical (unpaired) electrons. The summed E-state index contributed by atoms with van der Waals surface area (Å²) in [7, 11) is 3.30. The molecule has 0 fully saturated rings. The minimum Gasteiger partial charge on any atom is -0.393 e. The van der Waals surface area contributed by atoms with E-state index in [2.05, 4.69) is 20.3 Å². The lowest BCUT2D eigenvalue weighted by Crippen LogP contribution is -2.32. The van der Waals surface area contributed by atoms with Crippen LogP contribution in [0.1, 0.15) is 0 Å². The Bertz CT molecular complexity index is 650. The molecule has 0 bridgehead atoms. The molecule has 2 aromatic rings. The van der Waals surface area contributed by atoms with Gasteiger partial charge in [0.05, 0.1) is 18.9 Å². The number of anilines is 4. The first-order chi connectivity index (χ1) is 11.7. The molecule has 0 unspecified atom stereocenters. The number of methoxy groups -OCH3 is 2. The standard InChI is InChI=1S/C15H21ClN6O2/c1-23-8-6-22(7-9-24-2)15-12(17)14(19-10-20-15)21-11-4-3-5-18-13(11)16/h3-5,10H,6-9,17H2,1-2H3,(H,19,20,21). The predicted octanol–water partition coefficient (Wildman–Crippen LogP) is 1.95. The van der Waals surface area contributed by atoms with E-state index in [1.807, 2.05) is 4.90 Å². The monoisotopic (exact) mass is 352 g/mol. The van der Waals surface area contributed by atoms with Crippen LogP contribution in [0.5, 0.6) is 0 Å². The first-order valence-electron chi connectivity index (χ1n) is 7.38. The fourth-order valence-electron chi connectivity index (χ4n) is 2.07. The van der Waals surface area contributed by atoms with Gasteiger partial charge in [-0.3, -0.25) is 0 Å². The van der Waals surface area contributed by atoms with E-state index in [9.17, 15) is 0 Å². The van der Waals surface area contributed by atoms with Crippen molar-refractivity contribution in [2.45, 2.75) is 0 Å². The van der Waals surface area contributed by atoms with E-state index >= 15 is 0 Å². The van der Waals surface area contributed by atoms with Gasteiger partial charge >= 0.3 is 0 Å². The number of ether oxygens (including phenoxy) is 2. The molecule has 9 heteroatoms. The fourth-order valence-corrected chi connectivity index (χ4v) is 2.24. The van der Waals surface area contributed by atoms with Crippen LogP contribution in [0.4, 0.5) is 23.0 Å². The Kier molecular flexibility index (Phi) is 6.98. The van der Waals surface area contributed by atoms with E-state index in [0.29, 0.717) is 54.5 Å². The molecule has 2 heterocycles. The number of pyridine rings is 1. The lowest BCUT2D eigenvalue weighted by molar-refractivity contribution is 0.190. The number of hydrogen-bond donors (Lipinski definition) is 2. The van der Waals surface area contributed by atoms with Crippen LogP contribution in [0.2, 0.25) is 5.15 Å². The molecule has 0 saturated carbocycles. The van der Waals surface area contributed by atoms with Crippen molar-refractivity contribution in [3.8, 4) is 0 Å². The molecule has 0 aliphatic carbocycles. The van der Waals surface area contributed by atoms with Crippen molar-refractivity contribution < 1.29 is 9.47 Å². The quantitative estimate of drug-likeness (QED) is 0.661. The number of halogens is 1. The maximum absolute atomic E-state index is 6.25. The summed E-state index contributed by atoms with van der Waals surface area (Å²) in [6.07, 6.45) is 3.06. The zero-order valence-electron chi connectivity index (χ0n) is 13.7. The summed E-state index contributed by atoms with van der Waals surface area (Å²) >= 11 is 6.06. The van der Waals surface area contributed by atoms with Crippen LogP contribution in [0.25, 0.3) is 0 Å². The summed E-state index contributed by atoms with van der Waals surface area (Å²) in [4.78, 5) is 14.5. The van der Waals surface area contributed by atoms with Crippen LogP contribution in [-0.2, 0) is 9.47 Å². The Balaban J connectivity index is 2.26. The summed E-state index contributed by atoms with van der Waals surface area (Å²) in [6.45, 7) is 2.36. The minimum absolute atomic E-state index is 0.340. The van der Waals surface area contributed by atoms with Crippen LogP contribution in [0.15, 0.2) is 24.7 Å². The highest BCUT2D eigenvalue weighted by atomic mass is 35.5. The summed E-state index contributed by atoms with van der Waals surface area (Å²) in [5.41, 5.74) is 7.29. The first-order valence-corrected chi connectivity index (χ1v) is 7.76. The van der Waals surface area contributed by atoms with Crippen LogP contribution >= 0.6 is 11.6 Å². The number of nitrogens with zero attached hydrogens (tertiary/aromatic N) is 4. The molecule has 2 rings (SSSR count). The molecule has 24 heavy (non-hydrogen) atoms. The molecule has 3 N–H and O–H groups in total. The van der Waals surface area contributed by atoms with Crippen LogP contribution in [0.3, 0.4) is 0 Å². The van der Waals surface area contributed by atoms with Gasteiger partial charge in [-0.1, -0.05) is 11.6 Å². The van der Waals surface area contributed by atoms with Gasteiger partial charge in [0, 0.05) is 33.5 Å². The topological polar surface area (TPSA) is 98.4 Å². The second-order valence-electron chi connectivity index (χ2n) is 4.90. The molecular weight excluding hydrogens is 332 g/mol. The predicted molar refractivity (Wildman–Crippen MR) is 94.9 cm³/mol. The van der Waals surface area contributed by atoms with Crippen molar-refractivity contribution >= 4 is 34.6 Å². The first kappa shape index (κ1) is 18.2. The molecular formula is C15H21ClN6O2. The minimum atomic E-state index is 0.340. The normalized spacial score (nSPS) is 10.6. The number of nitrogens with one attached hydrogen (secondary N) is 1. The van der Waals surface area contributed by atoms with Crippen LogP contribution in [-0.4, -0.2) is 55.5 Å². The third-order valence-corrected chi connectivity index (χ3v) is 3.61. The number of nitrogen functional groups attached to an aromatic ring is 1. The Hall–Kier alpha value is -2.16. The zero-order valence-corrected chi connectivity index (χ0v) is 14.5. The van der Waals surface area contributed by atoms with Gasteiger partial charge in [-0.25, -0.2) is 15.0 Å². The summed E-state index contributed by atoms with van der Waals surface area (Å²) in [6, 6.07) is 3.57. The molecule has 2 aromatic heterocycles. The smallest absolute Gasteiger partial charge is 0.159 e. The molecule has 8 nitrogen and oxygen atoms in total. The largest absolute Gasteiger partial charge is 0.393 e. The van der Waals surface area contributed by atoms with Crippen molar-refractivity contribution in [2.75, 3.05) is 56.5 Å². The molecule has 0 aromatic carbocycles. The Morgan fingerprint density at radius 2 is 1.88 bits per heavy atom. The van der Waals surface area contributed by atoms with Gasteiger partial charge in [0.2, 0.25) is 0 Å². The maximum Gasteiger partial charge on any atom is 0.159 e. The van der Waals surface area contributed by atoms with Gasteiger partial charge in [0.1, 0.15) is 12.0 Å². The Morgan fingerprint density at radius 3 is 2.50 bits per heavy atom. The van der Waals surface area contributed by atoms with E-state index in [0.717, 1.165) is 0 Å². The molecule has 0 atom stereocenters. The average molecular weight is 353 g/mol. The third kappa shape index (κ3) is 4.67. The van der Waals surface area contributed by atoms with Gasteiger partial charge in [-0.05, 0) is 12.1 Å². The fraction of sp³-hybridized carbons (Fsp3) is 0.400. The van der Waals surface area contributed by atoms with Crippen LogP contribution in [0, 0.1) is 0 Å². The van der Waals surface area contributed by atoms with Gasteiger partial charge in [-0.15, -0.1) is 0 Å². The van der Waals surface area contributed by atoms with E-state index in [-0.39, 0.29) is 0 Å². The van der Waals surface area contributed by atoms with Crippen molar-refractivity contribution in [3.63, 3.8) is 0 Å².